The molecule has 0 aliphatic rings. The third-order valence-corrected chi connectivity index (χ3v) is 3.87. The molecule has 0 aliphatic carbocycles. The predicted molar refractivity (Wildman–Crippen MR) is 97.7 cm³/mol. The van der Waals surface area contributed by atoms with E-state index in [1.807, 2.05) is 24.3 Å². The maximum atomic E-state index is 13.6. The Morgan fingerprint density at radius 1 is 1.04 bits per heavy atom. The summed E-state index contributed by atoms with van der Waals surface area (Å²) in [6, 6.07) is 14.1. The van der Waals surface area contributed by atoms with Crippen LogP contribution in [-0.2, 0) is 6.42 Å². The quantitative estimate of drug-likeness (QED) is 0.685. The third kappa shape index (κ3) is 4.03. The van der Waals surface area contributed by atoms with Gasteiger partial charge in [-0.05, 0) is 42.3 Å². The summed E-state index contributed by atoms with van der Waals surface area (Å²) in [6.07, 6.45) is 2.28. The van der Waals surface area contributed by atoms with E-state index in [1.165, 1.54) is 12.3 Å². The summed E-state index contributed by atoms with van der Waals surface area (Å²) in [4.78, 5) is 16.4. The van der Waals surface area contributed by atoms with E-state index < -0.39 is 17.5 Å². The van der Waals surface area contributed by atoms with Crippen molar-refractivity contribution in [2.75, 3.05) is 10.6 Å². The number of carbonyl (C=O) groups is 1. The number of para-hydroxylation sites is 1. The summed E-state index contributed by atoms with van der Waals surface area (Å²) in [5.41, 5.74) is 2.29. The summed E-state index contributed by atoms with van der Waals surface area (Å²) < 4.78 is 26.5. The molecule has 0 atom stereocenters. The smallest absolute Gasteiger partial charge is 0.257 e. The van der Waals surface area contributed by atoms with Gasteiger partial charge < -0.3 is 10.6 Å². The molecule has 0 fully saturated rings. The highest BCUT2D eigenvalue weighted by Crippen LogP contribution is 2.20. The monoisotopic (exact) mass is 353 g/mol. The maximum Gasteiger partial charge on any atom is 0.257 e. The van der Waals surface area contributed by atoms with Crippen LogP contribution < -0.4 is 10.6 Å². The molecule has 0 unspecified atom stereocenters. The molecular formula is C20H17F2N3O. The van der Waals surface area contributed by atoms with Crippen LogP contribution in [0.4, 0.5) is 26.0 Å². The topological polar surface area (TPSA) is 54.0 Å². The van der Waals surface area contributed by atoms with E-state index in [-0.39, 0.29) is 11.3 Å². The van der Waals surface area contributed by atoms with Crippen molar-refractivity contribution in [1.29, 1.82) is 0 Å². The van der Waals surface area contributed by atoms with E-state index in [1.54, 1.807) is 12.1 Å². The first-order chi connectivity index (χ1) is 12.6. The van der Waals surface area contributed by atoms with Gasteiger partial charge in [0.2, 0.25) is 0 Å². The number of rotatable bonds is 5. The van der Waals surface area contributed by atoms with Crippen molar-refractivity contribution in [2.24, 2.45) is 0 Å². The maximum absolute atomic E-state index is 13.6. The zero-order valence-corrected chi connectivity index (χ0v) is 14.1. The molecule has 0 saturated carbocycles. The Morgan fingerprint density at radius 3 is 2.54 bits per heavy atom. The molecule has 132 valence electrons. The number of aryl methyl sites for hydroxylation is 1. The molecule has 1 aromatic heterocycles. The van der Waals surface area contributed by atoms with Crippen LogP contribution in [0.1, 0.15) is 22.8 Å². The molecule has 3 rings (SSSR count). The normalized spacial score (nSPS) is 10.4. The summed E-state index contributed by atoms with van der Waals surface area (Å²) >= 11 is 0. The molecule has 26 heavy (non-hydrogen) atoms. The van der Waals surface area contributed by atoms with E-state index in [0.717, 1.165) is 23.7 Å². The molecule has 0 spiro atoms. The minimum atomic E-state index is -0.833. The van der Waals surface area contributed by atoms with Gasteiger partial charge in [-0.1, -0.05) is 25.1 Å². The van der Waals surface area contributed by atoms with Gasteiger partial charge >= 0.3 is 0 Å². The van der Waals surface area contributed by atoms with Crippen molar-refractivity contribution < 1.29 is 13.6 Å². The standard InChI is InChI=1S/C20H17F2N3O/c1-2-13-5-3-4-6-17(13)24-19-10-7-14(12-23-19)20(26)25-18-9-8-15(21)11-16(18)22/h3-12H,2H2,1H3,(H,23,24)(H,25,26). The van der Waals surface area contributed by atoms with Crippen LogP contribution in [-0.4, -0.2) is 10.9 Å². The number of carbonyl (C=O) groups excluding carboxylic acids is 1. The van der Waals surface area contributed by atoms with Crippen LogP contribution in [0.15, 0.2) is 60.8 Å². The second-order valence-corrected chi connectivity index (χ2v) is 5.65. The Kier molecular flexibility index (Phi) is 5.22. The number of nitrogens with zero attached hydrogens (tertiary/aromatic N) is 1. The Morgan fingerprint density at radius 2 is 1.85 bits per heavy atom. The highest BCUT2D eigenvalue weighted by Gasteiger charge is 2.11. The van der Waals surface area contributed by atoms with E-state index in [2.05, 4.69) is 22.5 Å². The Bertz CT molecular complexity index is 927. The SMILES string of the molecule is CCc1ccccc1Nc1ccc(C(=O)Nc2ccc(F)cc2F)cn1. The van der Waals surface area contributed by atoms with Crippen molar-refractivity contribution in [3.8, 4) is 0 Å². The number of hydrogen-bond acceptors (Lipinski definition) is 3. The van der Waals surface area contributed by atoms with E-state index in [0.29, 0.717) is 11.9 Å². The molecule has 1 amide bonds. The van der Waals surface area contributed by atoms with Crippen LogP contribution in [0.5, 0.6) is 0 Å². The summed E-state index contributed by atoms with van der Waals surface area (Å²) in [5, 5.41) is 5.61. The van der Waals surface area contributed by atoms with Crippen LogP contribution in [0.2, 0.25) is 0 Å². The number of aromatic nitrogens is 1. The first kappa shape index (κ1) is 17.5. The number of pyridine rings is 1. The lowest BCUT2D eigenvalue weighted by Gasteiger charge is -2.11. The van der Waals surface area contributed by atoms with Gasteiger partial charge in [-0.3, -0.25) is 4.79 Å². The predicted octanol–water partition coefficient (Wildman–Crippen LogP) is 4.92. The molecule has 2 N–H and O–H groups in total. The number of anilines is 3. The Balaban J connectivity index is 1.71. The van der Waals surface area contributed by atoms with Crippen LogP contribution >= 0.6 is 0 Å². The Hall–Kier alpha value is -3.28. The lowest BCUT2D eigenvalue weighted by atomic mass is 10.1. The lowest BCUT2D eigenvalue weighted by Crippen LogP contribution is -2.13. The molecular weight excluding hydrogens is 336 g/mol. The lowest BCUT2D eigenvalue weighted by molar-refractivity contribution is 0.102. The largest absolute Gasteiger partial charge is 0.340 e. The average Bonchev–Trinajstić information content (AvgIpc) is 2.65. The highest BCUT2D eigenvalue weighted by molar-refractivity contribution is 6.04. The third-order valence-electron chi connectivity index (χ3n) is 3.87. The van der Waals surface area contributed by atoms with E-state index >= 15 is 0 Å². The Labute approximate surface area is 149 Å². The van der Waals surface area contributed by atoms with Crippen molar-refractivity contribution >= 4 is 23.1 Å². The van der Waals surface area contributed by atoms with Gasteiger partial charge in [-0.25, -0.2) is 13.8 Å². The van der Waals surface area contributed by atoms with Gasteiger partial charge in [-0.15, -0.1) is 0 Å². The first-order valence-corrected chi connectivity index (χ1v) is 8.14. The van der Waals surface area contributed by atoms with E-state index in [9.17, 15) is 13.6 Å². The number of hydrogen-bond donors (Lipinski definition) is 2. The van der Waals surface area contributed by atoms with Crippen molar-refractivity contribution in [3.05, 3.63) is 83.6 Å². The number of nitrogens with one attached hydrogen (secondary N) is 2. The fourth-order valence-electron chi connectivity index (χ4n) is 2.48. The minimum absolute atomic E-state index is 0.0875. The van der Waals surface area contributed by atoms with Gasteiger partial charge in [-0.2, -0.15) is 0 Å². The minimum Gasteiger partial charge on any atom is -0.340 e. The average molecular weight is 353 g/mol. The fraction of sp³-hybridized carbons (Fsp3) is 0.100. The molecule has 0 saturated heterocycles. The number of amides is 1. The molecule has 0 radical (unpaired) electrons. The van der Waals surface area contributed by atoms with Crippen LogP contribution in [0.3, 0.4) is 0 Å². The van der Waals surface area contributed by atoms with Crippen molar-refractivity contribution in [2.45, 2.75) is 13.3 Å². The fourth-order valence-corrected chi connectivity index (χ4v) is 2.48. The summed E-state index contributed by atoms with van der Waals surface area (Å²) in [6.45, 7) is 2.07. The van der Waals surface area contributed by atoms with Crippen molar-refractivity contribution in [1.82, 2.24) is 4.98 Å². The summed E-state index contributed by atoms with van der Waals surface area (Å²) in [5.74, 6) is -1.47. The van der Waals surface area contributed by atoms with Gasteiger partial charge in [0.1, 0.15) is 17.5 Å². The molecule has 1 heterocycles. The first-order valence-electron chi connectivity index (χ1n) is 8.14. The summed E-state index contributed by atoms with van der Waals surface area (Å²) in [7, 11) is 0. The molecule has 0 aliphatic heterocycles. The number of benzene rings is 2. The molecule has 3 aromatic rings. The zero-order chi connectivity index (χ0) is 18.5. The van der Waals surface area contributed by atoms with Gasteiger partial charge in [0, 0.05) is 18.0 Å². The zero-order valence-electron chi connectivity index (χ0n) is 14.1. The second kappa shape index (κ2) is 7.74. The van der Waals surface area contributed by atoms with Gasteiger partial charge in [0.25, 0.3) is 5.91 Å². The van der Waals surface area contributed by atoms with E-state index in [4.69, 9.17) is 0 Å². The highest BCUT2D eigenvalue weighted by atomic mass is 19.1. The molecule has 2 aromatic carbocycles. The molecule has 0 bridgehead atoms. The van der Waals surface area contributed by atoms with Crippen LogP contribution in [0.25, 0.3) is 0 Å². The molecule has 4 nitrogen and oxygen atoms in total. The van der Waals surface area contributed by atoms with Gasteiger partial charge in [0.05, 0.1) is 11.3 Å². The van der Waals surface area contributed by atoms with Crippen LogP contribution in [0, 0.1) is 11.6 Å². The second-order valence-electron chi connectivity index (χ2n) is 5.65. The van der Waals surface area contributed by atoms with Gasteiger partial charge in [0.15, 0.2) is 0 Å². The molecule has 6 heteroatoms. The number of halogens is 2. The van der Waals surface area contributed by atoms with Crippen molar-refractivity contribution in [3.63, 3.8) is 0 Å².